The van der Waals surface area contributed by atoms with Gasteiger partial charge >= 0.3 is 0 Å². The van der Waals surface area contributed by atoms with Gasteiger partial charge in [0.2, 0.25) is 0 Å². The standard InChI is InChI=1S/C13H8O3S/c1-3-14-12-5-8(6-15-11(1)12)10-7-16-13-9(10)2-4-17-13/h1-2,4-7H,3H2. The zero-order valence-corrected chi connectivity index (χ0v) is 9.62. The van der Waals surface area contributed by atoms with Gasteiger partial charge < -0.3 is 13.9 Å². The van der Waals surface area contributed by atoms with Crippen LogP contribution in [0, 0.1) is 0 Å². The van der Waals surface area contributed by atoms with Gasteiger partial charge in [-0.2, -0.15) is 0 Å². The normalized spacial score (nSPS) is 18.0. The van der Waals surface area contributed by atoms with Crippen molar-refractivity contribution < 1.29 is 13.9 Å². The molecule has 0 saturated carbocycles. The maximum Gasteiger partial charge on any atom is 0.188 e. The van der Waals surface area contributed by atoms with E-state index in [1.165, 1.54) is 0 Å². The molecule has 0 radical (unpaired) electrons. The molecule has 0 atom stereocenters. The fourth-order valence-corrected chi connectivity index (χ4v) is 2.76. The molecule has 2 aliphatic rings. The third-order valence-corrected chi connectivity index (χ3v) is 3.67. The van der Waals surface area contributed by atoms with Crippen molar-refractivity contribution >= 4 is 27.2 Å². The van der Waals surface area contributed by atoms with Gasteiger partial charge in [-0.1, -0.05) is 0 Å². The van der Waals surface area contributed by atoms with Crippen LogP contribution < -0.4 is 0 Å². The zero-order chi connectivity index (χ0) is 11.2. The Labute approximate surface area is 101 Å². The molecule has 3 nitrogen and oxygen atoms in total. The Morgan fingerprint density at radius 3 is 3.24 bits per heavy atom. The first-order valence-electron chi connectivity index (χ1n) is 5.29. The maximum atomic E-state index is 5.53. The lowest BCUT2D eigenvalue weighted by atomic mass is 10.1. The van der Waals surface area contributed by atoms with E-state index in [1.807, 2.05) is 17.5 Å². The summed E-state index contributed by atoms with van der Waals surface area (Å²) < 4.78 is 16.5. The van der Waals surface area contributed by atoms with Crippen molar-refractivity contribution in [3.8, 4) is 0 Å². The van der Waals surface area contributed by atoms with Gasteiger partial charge in [-0.05, 0) is 23.6 Å². The minimum Gasteiger partial charge on any atom is -0.485 e. The molecule has 0 aromatic carbocycles. The molecule has 0 spiro atoms. The Hall–Kier alpha value is -1.94. The molecule has 0 fully saturated rings. The number of fused-ring (bicyclic) bond motifs is 2. The maximum absolute atomic E-state index is 5.53. The minimum atomic E-state index is 0.585. The molecule has 2 aromatic heterocycles. The number of hydrogen-bond acceptors (Lipinski definition) is 4. The number of hydrogen-bond donors (Lipinski definition) is 0. The molecule has 4 rings (SSSR count). The first kappa shape index (κ1) is 9.13. The summed E-state index contributed by atoms with van der Waals surface area (Å²) >= 11 is 1.59. The van der Waals surface area contributed by atoms with Crippen LogP contribution in [-0.2, 0) is 9.47 Å². The van der Waals surface area contributed by atoms with Crippen LogP contribution in [0.4, 0.5) is 0 Å². The topological polar surface area (TPSA) is 31.6 Å². The summed E-state index contributed by atoms with van der Waals surface area (Å²) in [6.07, 6.45) is 7.42. The summed E-state index contributed by atoms with van der Waals surface area (Å²) in [4.78, 5) is 0.938. The van der Waals surface area contributed by atoms with E-state index < -0.39 is 0 Å². The van der Waals surface area contributed by atoms with Gasteiger partial charge in [0.1, 0.15) is 12.9 Å². The molecule has 84 valence electrons. The summed E-state index contributed by atoms with van der Waals surface area (Å²) in [6, 6.07) is 2.05. The Bertz CT molecular complexity index is 684. The molecule has 2 aromatic rings. The molecule has 17 heavy (non-hydrogen) atoms. The average molecular weight is 244 g/mol. The molecule has 0 saturated heterocycles. The minimum absolute atomic E-state index is 0.585. The molecule has 0 unspecified atom stereocenters. The Balaban J connectivity index is 1.84. The Morgan fingerprint density at radius 2 is 2.24 bits per heavy atom. The van der Waals surface area contributed by atoms with Gasteiger partial charge in [-0.3, -0.25) is 0 Å². The SMILES string of the molecule is C1=C2OC=C(c3coc4sccc34)C=C2OC1. The van der Waals surface area contributed by atoms with E-state index in [1.54, 1.807) is 23.9 Å². The summed E-state index contributed by atoms with van der Waals surface area (Å²) in [6.45, 7) is 0.585. The van der Waals surface area contributed by atoms with Gasteiger partial charge in [0.05, 0.1) is 6.26 Å². The van der Waals surface area contributed by atoms with Crippen LogP contribution in [0.2, 0.25) is 0 Å². The fraction of sp³-hybridized carbons (Fsp3) is 0.0769. The lowest BCUT2D eigenvalue weighted by Crippen LogP contribution is -1.96. The predicted octanol–water partition coefficient (Wildman–Crippen LogP) is 3.66. The first-order chi connectivity index (χ1) is 8.42. The largest absolute Gasteiger partial charge is 0.485 e. The second-order valence-corrected chi connectivity index (χ2v) is 4.73. The zero-order valence-electron chi connectivity index (χ0n) is 8.80. The average Bonchev–Trinajstić information content (AvgIpc) is 3.03. The van der Waals surface area contributed by atoms with Gasteiger partial charge in [0.25, 0.3) is 0 Å². The van der Waals surface area contributed by atoms with E-state index >= 15 is 0 Å². The molecule has 2 aliphatic heterocycles. The second kappa shape index (κ2) is 3.28. The summed E-state index contributed by atoms with van der Waals surface area (Å²) in [5, 5.41) is 3.14. The quantitative estimate of drug-likeness (QED) is 0.767. The van der Waals surface area contributed by atoms with E-state index in [2.05, 4.69) is 6.07 Å². The van der Waals surface area contributed by atoms with E-state index in [9.17, 15) is 0 Å². The van der Waals surface area contributed by atoms with E-state index in [-0.39, 0.29) is 0 Å². The fourth-order valence-electron chi connectivity index (χ4n) is 2.03. The highest BCUT2D eigenvalue weighted by Crippen LogP contribution is 2.36. The Morgan fingerprint density at radius 1 is 1.24 bits per heavy atom. The van der Waals surface area contributed by atoms with Crippen LogP contribution in [0.3, 0.4) is 0 Å². The van der Waals surface area contributed by atoms with Crippen molar-refractivity contribution in [1.29, 1.82) is 0 Å². The van der Waals surface area contributed by atoms with E-state index in [0.717, 1.165) is 32.9 Å². The number of ether oxygens (including phenoxy) is 2. The number of thiophene rings is 1. The van der Waals surface area contributed by atoms with Gasteiger partial charge in [-0.25, -0.2) is 0 Å². The summed E-state index contributed by atoms with van der Waals surface area (Å²) in [5.41, 5.74) is 2.03. The third-order valence-electron chi connectivity index (χ3n) is 2.86. The molecule has 4 heteroatoms. The smallest absolute Gasteiger partial charge is 0.188 e. The molecule has 0 bridgehead atoms. The van der Waals surface area contributed by atoms with Gasteiger partial charge in [-0.15, -0.1) is 11.3 Å². The molecular weight excluding hydrogens is 236 g/mol. The van der Waals surface area contributed by atoms with E-state index in [0.29, 0.717) is 6.61 Å². The molecule has 4 heterocycles. The lowest BCUT2D eigenvalue weighted by Gasteiger charge is -2.11. The summed E-state index contributed by atoms with van der Waals surface area (Å²) in [5.74, 6) is 1.60. The Kier molecular flexibility index (Phi) is 1.76. The predicted molar refractivity (Wildman–Crippen MR) is 65.3 cm³/mol. The van der Waals surface area contributed by atoms with Gasteiger partial charge in [0, 0.05) is 16.5 Å². The van der Waals surface area contributed by atoms with Crippen LogP contribution >= 0.6 is 11.3 Å². The van der Waals surface area contributed by atoms with Crippen LogP contribution in [0.25, 0.3) is 15.9 Å². The van der Waals surface area contributed by atoms with Crippen molar-refractivity contribution in [3.63, 3.8) is 0 Å². The number of rotatable bonds is 1. The first-order valence-corrected chi connectivity index (χ1v) is 6.17. The summed E-state index contributed by atoms with van der Waals surface area (Å²) in [7, 11) is 0. The third kappa shape index (κ3) is 1.27. The lowest BCUT2D eigenvalue weighted by molar-refractivity contribution is 0.244. The highest BCUT2D eigenvalue weighted by Gasteiger charge is 2.21. The van der Waals surface area contributed by atoms with Crippen molar-refractivity contribution in [2.45, 2.75) is 0 Å². The highest BCUT2D eigenvalue weighted by atomic mass is 32.1. The molecular formula is C13H8O3S. The van der Waals surface area contributed by atoms with Crippen molar-refractivity contribution in [2.75, 3.05) is 6.61 Å². The van der Waals surface area contributed by atoms with Crippen molar-refractivity contribution in [2.24, 2.45) is 0 Å². The van der Waals surface area contributed by atoms with Crippen LogP contribution in [0.5, 0.6) is 0 Å². The van der Waals surface area contributed by atoms with Crippen molar-refractivity contribution in [1.82, 2.24) is 0 Å². The van der Waals surface area contributed by atoms with Crippen LogP contribution in [0.15, 0.2) is 52.1 Å². The van der Waals surface area contributed by atoms with Crippen LogP contribution in [0.1, 0.15) is 5.56 Å². The molecule has 0 N–H and O–H groups in total. The number of furan rings is 1. The monoisotopic (exact) mass is 244 g/mol. The molecule has 0 aliphatic carbocycles. The number of allylic oxidation sites excluding steroid dienone is 2. The molecule has 0 amide bonds. The van der Waals surface area contributed by atoms with E-state index in [4.69, 9.17) is 13.9 Å². The van der Waals surface area contributed by atoms with Crippen LogP contribution in [-0.4, -0.2) is 6.61 Å². The second-order valence-electron chi connectivity index (χ2n) is 3.85. The highest BCUT2D eigenvalue weighted by molar-refractivity contribution is 7.16. The van der Waals surface area contributed by atoms with Gasteiger partial charge in [0.15, 0.2) is 16.4 Å². The van der Waals surface area contributed by atoms with Crippen molar-refractivity contribution in [3.05, 3.63) is 53.2 Å².